The first-order valence-corrected chi connectivity index (χ1v) is 7.51. The van der Waals surface area contributed by atoms with E-state index < -0.39 is 14.2 Å². The quantitative estimate of drug-likeness (QED) is 0.252. The first kappa shape index (κ1) is 12.8. The molecule has 1 aromatic rings. The van der Waals surface area contributed by atoms with Crippen molar-refractivity contribution in [2.75, 3.05) is 11.1 Å². The molecule has 8 heteroatoms. The standard InChI is InChI=1S/C8H11AsN2O5/c1-5(12)11-8-3-6(2-7(10)4-8)9(13,14)16-15/h2-4,15H,10H2,1H3,(H,11,12)(H,13,14). The molecule has 0 saturated heterocycles. The predicted octanol–water partition coefficient (Wildman–Crippen LogP) is -0.714. The first-order chi connectivity index (χ1) is 7.35. The van der Waals surface area contributed by atoms with Crippen LogP contribution in [0.15, 0.2) is 18.2 Å². The van der Waals surface area contributed by atoms with Gasteiger partial charge in [-0.1, -0.05) is 0 Å². The molecular weight excluding hydrogens is 279 g/mol. The number of carbonyl (C=O) groups is 1. The van der Waals surface area contributed by atoms with Crippen molar-refractivity contribution >= 4 is 35.8 Å². The molecule has 16 heavy (non-hydrogen) atoms. The van der Waals surface area contributed by atoms with Gasteiger partial charge in [0.15, 0.2) is 0 Å². The van der Waals surface area contributed by atoms with Gasteiger partial charge in [-0.2, -0.15) is 0 Å². The third-order valence-electron chi connectivity index (χ3n) is 1.70. The van der Waals surface area contributed by atoms with Gasteiger partial charge >= 0.3 is 93.7 Å². The van der Waals surface area contributed by atoms with E-state index in [9.17, 15) is 12.6 Å². The van der Waals surface area contributed by atoms with Gasteiger partial charge in [0.05, 0.1) is 0 Å². The van der Waals surface area contributed by atoms with Crippen LogP contribution in [0.2, 0.25) is 0 Å². The summed E-state index contributed by atoms with van der Waals surface area (Å²) in [6.45, 7) is 1.29. The Morgan fingerprint density at radius 2 is 2.12 bits per heavy atom. The first-order valence-electron chi connectivity index (χ1n) is 4.20. The zero-order chi connectivity index (χ0) is 12.3. The number of hydrogen-bond acceptors (Lipinski definition) is 5. The van der Waals surface area contributed by atoms with Crippen LogP contribution in [0.3, 0.4) is 0 Å². The van der Waals surface area contributed by atoms with Crippen molar-refractivity contribution in [3.05, 3.63) is 18.2 Å². The van der Waals surface area contributed by atoms with E-state index >= 15 is 0 Å². The van der Waals surface area contributed by atoms with Gasteiger partial charge in [-0.05, 0) is 0 Å². The van der Waals surface area contributed by atoms with E-state index in [0.29, 0.717) is 0 Å². The summed E-state index contributed by atoms with van der Waals surface area (Å²) in [7, 11) is 0. The molecule has 0 bridgehead atoms. The molecule has 7 nitrogen and oxygen atoms in total. The second-order valence-corrected chi connectivity index (χ2v) is 6.71. The summed E-state index contributed by atoms with van der Waals surface area (Å²) in [5.74, 6) is -0.346. The van der Waals surface area contributed by atoms with E-state index in [4.69, 9.17) is 11.0 Å². The average Bonchev–Trinajstić information content (AvgIpc) is 2.15. The molecule has 1 amide bonds. The van der Waals surface area contributed by atoms with Crippen LogP contribution < -0.4 is 15.4 Å². The Morgan fingerprint density at radius 3 is 2.62 bits per heavy atom. The van der Waals surface area contributed by atoms with Crippen molar-refractivity contribution in [3.63, 3.8) is 0 Å². The van der Waals surface area contributed by atoms with Gasteiger partial charge in [0.2, 0.25) is 0 Å². The van der Waals surface area contributed by atoms with Gasteiger partial charge in [-0.15, -0.1) is 0 Å². The average molecular weight is 290 g/mol. The molecule has 0 spiro atoms. The Morgan fingerprint density at radius 1 is 1.50 bits per heavy atom. The maximum atomic E-state index is 11.4. The van der Waals surface area contributed by atoms with Crippen molar-refractivity contribution < 1.29 is 21.8 Å². The van der Waals surface area contributed by atoms with Crippen molar-refractivity contribution in [3.8, 4) is 0 Å². The molecule has 0 heterocycles. The number of hydrogen-bond donors (Lipinski definition) is 4. The minimum atomic E-state index is -4.94. The number of carbonyl (C=O) groups excluding carboxylic acids is 1. The van der Waals surface area contributed by atoms with Gasteiger partial charge in [-0.25, -0.2) is 0 Å². The molecule has 0 aliphatic carbocycles. The Hall–Kier alpha value is -1.27. The summed E-state index contributed by atoms with van der Waals surface area (Å²) < 4.78 is 24.0. The topological polar surface area (TPSA) is 122 Å². The Labute approximate surface area is 94.1 Å². The molecule has 5 N–H and O–H groups in total. The number of rotatable bonds is 3. The van der Waals surface area contributed by atoms with Crippen LogP contribution in [0, 0.1) is 0 Å². The van der Waals surface area contributed by atoms with Crippen LogP contribution in [0.1, 0.15) is 6.92 Å². The molecule has 0 fully saturated rings. The van der Waals surface area contributed by atoms with Crippen LogP contribution in [-0.4, -0.2) is 29.4 Å². The molecule has 1 rings (SSSR count). The van der Waals surface area contributed by atoms with E-state index in [1.807, 2.05) is 0 Å². The molecule has 1 aromatic carbocycles. The molecular formula is C8H11AsN2O5. The zero-order valence-electron chi connectivity index (χ0n) is 8.38. The Kier molecular flexibility index (Phi) is 3.77. The number of anilines is 2. The van der Waals surface area contributed by atoms with Crippen LogP contribution >= 0.6 is 0 Å². The number of nitrogen functional groups attached to an aromatic ring is 1. The van der Waals surface area contributed by atoms with Gasteiger partial charge in [0, 0.05) is 0 Å². The summed E-state index contributed by atoms with van der Waals surface area (Å²) in [6.07, 6.45) is 0. The van der Waals surface area contributed by atoms with Crippen molar-refractivity contribution in [1.29, 1.82) is 0 Å². The minimum absolute atomic E-state index is 0.149. The van der Waals surface area contributed by atoms with E-state index in [1.54, 1.807) is 0 Å². The zero-order valence-corrected chi connectivity index (χ0v) is 10.3. The third-order valence-corrected chi connectivity index (χ3v) is 4.07. The number of amides is 1. The van der Waals surface area contributed by atoms with Crippen molar-refractivity contribution in [1.82, 2.24) is 0 Å². The molecule has 0 aromatic heterocycles. The SMILES string of the molecule is CC(=O)Nc1cc(N)cc([As](=O)(O)OO)c1. The third kappa shape index (κ3) is 3.11. The van der Waals surface area contributed by atoms with Crippen LogP contribution in [0.5, 0.6) is 0 Å². The van der Waals surface area contributed by atoms with Crippen LogP contribution in [0.4, 0.5) is 11.4 Å². The second kappa shape index (κ2) is 4.71. The summed E-state index contributed by atoms with van der Waals surface area (Å²) in [4.78, 5) is 10.8. The molecule has 0 radical (unpaired) electrons. The molecule has 0 aliphatic rings. The molecule has 0 saturated carbocycles. The fraction of sp³-hybridized carbons (Fsp3) is 0.125. The number of benzene rings is 1. The van der Waals surface area contributed by atoms with Gasteiger partial charge in [0.25, 0.3) is 0 Å². The summed E-state index contributed by atoms with van der Waals surface area (Å²) >= 11 is -4.94. The fourth-order valence-electron chi connectivity index (χ4n) is 1.12. The van der Waals surface area contributed by atoms with Crippen LogP contribution in [0.25, 0.3) is 0 Å². The van der Waals surface area contributed by atoms with E-state index in [1.165, 1.54) is 25.1 Å². The number of nitrogens with two attached hydrogens (primary N) is 1. The fourth-order valence-corrected chi connectivity index (χ4v) is 2.61. The van der Waals surface area contributed by atoms with Crippen molar-refractivity contribution in [2.45, 2.75) is 6.92 Å². The summed E-state index contributed by atoms with van der Waals surface area (Å²) in [5.41, 5.74) is 5.91. The van der Waals surface area contributed by atoms with Crippen LogP contribution in [-0.2, 0) is 12.4 Å². The van der Waals surface area contributed by atoms with E-state index in [2.05, 4.69) is 9.19 Å². The van der Waals surface area contributed by atoms with Gasteiger partial charge in [-0.3, -0.25) is 0 Å². The number of nitrogens with one attached hydrogen (secondary N) is 1. The van der Waals surface area contributed by atoms with Crippen molar-refractivity contribution in [2.24, 2.45) is 0 Å². The summed E-state index contributed by atoms with van der Waals surface area (Å²) in [5, 5.41) is 10.7. The molecule has 0 aliphatic heterocycles. The normalized spacial score (nSPS) is 14.2. The monoisotopic (exact) mass is 290 g/mol. The molecule has 88 valence electrons. The molecule has 1 unspecified atom stereocenters. The van der Waals surface area contributed by atoms with E-state index in [-0.39, 0.29) is 21.6 Å². The second-order valence-electron chi connectivity index (χ2n) is 3.10. The summed E-state index contributed by atoms with van der Waals surface area (Å²) in [6, 6.07) is 3.83. The molecule has 1 atom stereocenters. The van der Waals surface area contributed by atoms with Gasteiger partial charge in [0.1, 0.15) is 0 Å². The van der Waals surface area contributed by atoms with Gasteiger partial charge < -0.3 is 0 Å². The maximum absolute atomic E-state index is 11.4. The Bertz CT molecular complexity index is 462. The Balaban J connectivity index is 3.18. The predicted molar refractivity (Wildman–Crippen MR) is 57.2 cm³/mol. The van der Waals surface area contributed by atoms with E-state index in [0.717, 1.165) is 0 Å².